The first-order chi connectivity index (χ1) is 11.7. The van der Waals surface area contributed by atoms with Crippen molar-refractivity contribution >= 4 is 46.0 Å². The van der Waals surface area contributed by atoms with Gasteiger partial charge in [-0.2, -0.15) is 13.2 Å². The molecule has 3 N–H and O–H groups in total. The van der Waals surface area contributed by atoms with Crippen LogP contribution in [0.25, 0.3) is 5.65 Å². The van der Waals surface area contributed by atoms with Crippen molar-refractivity contribution in [1.82, 2.24) is 14.6 Å². The molecule has 0 bridgehead atoms. The summed E-state index contributed by atoms with van der Waals surface area (Å²) in [6.45, 7) is 0. The Bertz CT molecular complexity index is 1060. The van der Waals surface area contributed by atoms with Gasteiger partial charge in [-0.15, -0.1) is 15.3 Å². The summed E-state index contributed by atoms with van der Waals surface area (Å²) in [7, 11) is 0. The highest BCUT2D eigenvalue weighted by molar-refractivity contribution is 6.35. The summed E-state index contributed by atoms with van der Waals surface area (Å²) in [4.78, 5) is 13.7. The van der Waals surface area contributed by atoms with Crippen LogP contribution < -0.4 is 11.3 Å². The smallest absolute Gasteiger partial charge is 0.380 e. The molecule has 2 heterocycles. The highest BCUT2D eigenvalue weighted by atomic mass is 35.5. The summed E-state index contributed by atoms with van der Waals surface area (Å²) in [5.74, 6) is -0.353. The Kier molecular flexibility index (Phi) is 4.17. The highest BCUT2D eigenvalue weighted by Crippen LogP contribution is 2.35. The lowest BCUT2D eigenvalue weighted by atomic mass is 10.3. The van der Waals surface area contributed by atoms with Gasteiger partial charge in [0.05, 0.1) is 5.02 Å². The number of anilines is 1. The largest absolute Gasteiger partial charge is 0.433 e. The maximum absolute atomic E-state index is 13.0. The third-order valence-corrected chi connectivity index (χ3v) is 3.64. The summed E-state index contributed by atoms with van der Waals surface area (Å²) in [5.41, 5.74) is 2.92. The Morgan fingerprint density at radius 3 is 2.60 bits per heavy atom. The number of alkyl halides is 3. The van der Waals surface area contributed by atoms with Crippen LogP contribution >= 0.6 is 23.2 Å². The molecule has 0 aliphatic rings. The molecule has 7 nitrogen and oxygen atoms in total. The molecule has 130 valence electrons. The molecule has 0 amide bonds. The highest BCUT2D eigenvalue weighted by Gasteiger charge is 2.35. The van der Waals surface area contributed by atoms with E-state index in [0.717, 1.165) is 0 Å². The maximum atomic E-state index is 13.0. The van der Waals surface area contributed by atoms with E-state index in [4.69, 9.17) is 28.9 Å². The number of nitrogen functional groups attached to an aromatic ring is 1. The second-order valence-electron chi connectivity index (χ2n) is 4.81. The van der Waals surface area contributed by atoms with Gasteiger partial charge in [0.2, 0.25) is 0 Å². The van der Waals surface area contributed by atoms with Crippen molar-refractivity contribution in [2.75, 3.05) is 5.73 Å². The van der Waals surface area contributed by atoms with E-state index in [0.29, 0.717) is 15.6 Å². The van der Waals surface area contributed by atoms with Crippen LogP contribution in [-0.4, -0.2) is 14.6 Å². The fourth-order valence-corrected chi connectivity index (χ4v) is 2.34. The van der Waals surface area contributed by atoms with Gasteiger partial charge in [-0.1, -0.05) is 23.2 Å². The number of H-pyrrole nitrogens is 1. The van der Waals surface area contributed by atoms with E-state index in [1.54, 1.807) is 0 Å². The van der Waals surface area contributed by atoms with E-state index in [2.05, 4.69) is 20.3 Å². The first-order valence-electron chi connectivity index (χ1n) is 6.52. The maximum Gasteiger partial charge on any atom is 0.433 e. The molecule has 25 heavy (non-hydrogen) atoms. The molecular weight excluding hydrogens is 384 g/mol. The fraction of sp³-hybridized carbons (Fsp3) is 0.0769. The molecule has 1 aromatic carbocycles. The lowest BCUT2D eigenvalue weighted by Gasteiger charge is -2.07. The van der Waals surface area contributed by atoms with Crippen molar-refractivity contribution < 1.29 is 13.2 Å². The molecule has 3 rings (SSSR count). The summed E-state index contributed by atoms with van der Waals surface area (Å²) in [6, 6.07) is 4.77. The van der Waals surface area contributed by atoms with Crippen LogP contribution in [0.3, 0.4) is 0 Å². The summed E-state index contributed by atoms with van der Waals surface area (Å²) in [6.07, 6.45) is -4.81. The first kappa shape index (κ1) is 17.2. The minimum absolute atomic E-state index is 0.169. The van der Waals surface area contributed by atoms with Crippen LogP contribution in [0.2, 0.25) is 10.0 Å². The Hall–Kier alpha value is -2.59. The number of hydrogen-bond donors (Lipinski definition) is 2. The molecule has 2 aromatic heterocycles. The lowest BCUT2D eigenvalue weighted by molar-refractivity contribution is -0.142. The van der Waals surface area contributed by atoms with E-state index < -0.39 is 17.4 Å². The Balaban J connectivity index is 2.19. The molecular formula is C13H7Cl2F3N6O. The van der Waals surface area contributed by atoms with Gasteiger partial charge in [0.1, 0.15) is 5.69 Å². The van der Waals surface area contributed by atoms with Crippen LogP contribution in [0.4, 0.5) is 30.4 Å². The Morgan fingerprint density at radius 2 is 1.92 bits per heavy atom. The van der Waals surface area contributed by atoms with Crippen LogP contribution in [0, 0.1) is 0 Å². The van der Waals surface area contributed by atoms with Crippen molar-refractivity contribution in [3.63, 3.8) is 0 Å². The van der Waals surface area contributed by atoms with Gasteiger partial charge in [0.15, 0.2) is 22.8 Å². The Morgan fingerprint density at radius 1 is 1.20 bits per heavy atom. The topological polar surface area (TPSA) is 101 Å². The number of halogens is 5. The molecule has 0 radical (unpaired) electrons. The molecule has 0 aliphatic carbocycles. The Labute approximate surface area is 146 Å². The zero-order valence-corrected chi connectivity index (χ0v) is 13.5. The predicted molar refractivity (Wildman–Crippen MR) is 85.9 cm³/mol. The molecule has 0 fully saturated rings. The molecule has 0 saturated carbocycles. The van der Waals surface area contributed by atoms with Crippen molar-refractivity contribution in [3.8, 4) is 0 Å². The standard InChI is InChI=1S/C13H7Cl2F3N6O/c14-5-1-2-6(15)7(3-5)21-22-10-11(19)23-24-8(13(16,17)18)4-9(25)20-12(10)24/h1-4H,(H2,19,23)(H,20,25). The van der Waals surface area contributed by atoms with Crippen molar-refractivity contribution in [2.45, 2.75) is 6.18 Å². The van der Waals surface area contributed by atoms with E-state index in [-0.39, 0.29) is 27.9 Å². The summed E-state index contributed by atoms with van der Waals surface area (Å²) in [5, 5.41) is 11.7. The van der Waals surface area contributed by atoms with E-state index in [1.807, 2.05) is 0 Å². The molecule has 3 aromatic rings. The number of nitrogens with two attached hydrogens (primary N) is 1. The SMILES string of the molecule is Nc1nn2c(C(F)(F)F)cc(=O)[nH]c2c1N=Nc1cc(Cl)ccc1Cl. The number of aromatic nitrogens is 3. The number of fused-ring (bicyclic) bond motifs is 1. The molecule has 12 heteroatoms. The van der Waals surface area contributed by atoms with Gasteiger partial charge in [-0.25, -0.2) is 4.52 Å². The van der Waals surface area contributed by atoms with Crippen molar-refractivity contribution in [3.05, 3.63) is 50.4 Å². The summed E-state index contributed by atoms with van der Waals surface area (Å²) < 4.78 is 39.6. The molecule has 0 atom stereocenters. The van der Waals surface area contributed by atoms with Gasteiger partial charge < -0.3 is 10.7 Å². The quantitative estimate of drug-likeness (QED) is 0.636. The van der Waals surface area contributed by atoms with E-state index in [1.165, 1.54) is 18.2 Å². The lowest BCUT2D eigenvalue weighted by Crippen LogP contribution is -2.19. The average molecular weight is 391 g/mol. The zero-order chi connectivity index (χ0) is 18.4. The normalized spacial score (nSPS) is 12.4. The van der Waals surface area contributed by atoms with Gasteiger partial charge in [-0.3, -0.25) is 4.79 Å². The van der Waals surface area contributed by atoms with Gasteiger partial charge in [0.25, 0.3) is 5.56 Å². The monoisotopic (exact) mass is 390 g/mol. The molecule has 0 spiro atoms. The van der Waals surface area contributed by atoms with Crippen LogP contribution in [0.15, 0.2) is 39.3 Å². The third kappa shape index (κ3) is 3.30. The number of nitrogens with one attached hydrogen (secondary N) is 1. The first-order valence-corrected chi connectivity index (χ1v) is 7.28. The van der Waals surface area contributed by atoms with E-state index in [9.17, 15) is 18.0 Å². The van der Waals surface area contributed by atoms with Crippen LogP contribution in [0.5, 0.6) is 0 Å². The minimum Gasteiger partial charge on any atom is -0.380 e. The predicted octanol–water partition coefficient (Wildman–Crippen LogP) is 4.35. The van der Waals surface area contributed by atoms with E-state index >= 15 is 0 Å². The van der Waals surface area contributed by atoms with Gasteiger partial charge >= 0.3 is 6.18 Å². The van der Waals surface area contributed by atoms with Crippen molar-refractivity contribution in [1.29, 1.82) is 0 Å². The third-order valence-electron chi connectivity index (χ3n) is 3.08. The number of hydrogen-bond acceptors (Lipinski definition) is 5. The zero-order valence-electron chi connectivity index (χ0n) is 12.0. The van der Waals surface area contributed by atoms with Crippen molar-refractivity contribution in [2.24, 2.45) is 10.2 Å². The number of nitrogens with zero attached hydrogens (tertiary/aromatic N) is 4. The second kappa shape index (κ2) is 6.05. The fourth-order valence-electron chi connectivity index (χ4n) is 2.02. The van der Waals surface area contributed by atoms with Gasteiger partial charge in [0, 0.05) is 11.1 Å². The minimum atomic E-state index is -4.81. The summed E-state index contributed by atoms with van der Waals surface area (Å²) >= 11 is 11.8. The molecule has 0 saturated heterocycles. The average Bonchev–Trinajstić information content (AvgIpc) is 2.82. The number of rotatable bonds is 2. The second-order valence-corrected chi connectivity index (χ2v) is 5.65. The van der Waals surface area contributed by atoms with Crippen LogP contribution in [0.1, 0.15) is 5.69 Å². The van der Waals surface area contributed by atoms with Gasteiger partial charge in [-0.05, 0) is 18.2 Å². The molecule has 0 aliphatic heterocycles. The number of benzene rings is 1. The number of aromatic amines is 1. The number of azo groups is 1. The van der Waals surface area contributed by atoms with Crippen LogP contribution in [-0.2, 0) is 6.18 Å². The molecule has 0 unspecified atom stereocenters.